The molecule has 1 fully saturated rings. The van der Waals surface area contributed by atoms with E-state index in [1.54, 1.807) is 13.8 Å². The van der Waals surface area contributed by atoms with Gasteiger partial charge in [0.2, 0.25) is 5.91 Å². The molecule has 138 valence electrons. The van der Waals surface area contributed by atoms with Crippen molar-refractivity contribution in [3.63, 3.8) is 0 Å². The second-order valence-electron chi connectivity index (χ2n) is 6.70. The fraction of sp³-hybridized carbons (Fsp3) is 0.562. The molecular weight excluding hydrogens is 359 g/mol. The summed E-state index contributed by atoms with van der Waals surface area (Å²) in [6.07, 6.45) is -0.183. The molecule has 1 N–H and O–H groups in total. The van der Waals surface area contributed by atoms with E-state index in [2.05, 4.69) is 0 Å². The van der Waals surface area contributed by atoms with Crippen LogP contribution in [0.3, 0.4) is 0 Å². The number of halogens is 3. The van der Waals surface area contributed by atoms with Crippen LogP contribution in [0, 0.1) is 0 Å². The molecule has 9 heteroatoms. The van der Waals surface area contributed by atoms with Crippen molar-refractivity contribution in [3.8, 4) is 5.75 Å². The first-order valence-electron chi connectivity index (χ1n) is 7.81. The largest absolute Gasteiger partial charge is 0.485 e. The zero-order chi connectivity index (χ0) is 18.6. The van der Waals surface area contributed by atoms with Crippen LogP contribution in [0.4, 0.5) is 13.2 Å². The Morgan fingerprint density at radius 3 is 2.60 bits per heavy atom. The fourth-order valence-corrected chi connectivity index (χ4v) is 3.99. The highest BCUT2D eigenvalue weighted by Gasteiger charge is 2.48. The smallest absolute Gasteiger partial charge is 0.475 e. The van der Waals surface area contributed by atoms with Gasteiger partial charge in [-0.25, -0.2) is 4.21 Å². The normalized spacial score (nSPS) is 27.0. The molecule has 2 aliphatic rings. The van der Waals surface area contributed by atoms with E-state index in [4.69, 9.17) is 4.74 Å². The molecule has 0 radical (unpaired) electrons. The van der Waals surface area contributed by atoms with E-state index in [1.165, 1.54) is 11.0 Å². The number of fused-ring (bicyclic) bond motifs is 1. The molecular formula is C16H18F3NO4S. The predicted molar refractivity (Wildman–Crippen MR) is 83.3 cm³/mol. The summed E-state index contributed by atoms with van der Waals surface area (Å²) in [7, 11) is -3.20. The molecule has 1 saturated heterocycles. The minimum Gasteiger partial charge on any atom is -0.485 e. The number of carbonyl (C=O) groups is 1. The van der Waals surface area contributed by atoms with Crippen molar-refractivity contribution in [2.45, 2.75) is 54.8 Å². The molecule has 0 bridgehead atoms. The summed E-state index contributed by atoms with van der Waals surface area (Å²) in [5.41, 5.74) is -5.66. The van der Waals surface area contributed by atoms with Gasteiger partial charge in [0.1, 0.15) is 17.5 Å². The number of hydrogen-bond acceptors (Lipinski definition) is 4. The Hall–Kier alpha value is -1.61. The van der Waals surface area contributed by atoms with Gasteiger partial charge in [0.15, 0.2) is 10.8 Å². The molecule has 0 spiro atoms. The van der Waals surface area contributed by atoms with Crippen LogP contribution in [0.25, 0.3) is 0 Å². The van der Waals surface area contributed by atoms with Crippen molar-refractivity contribution < 1.29 is 32.0 Å². The maximum atomic E-state index is 12.8. The van der Waals surface area contributed by atoms with Crippen molar-refractivity contribution in [1.82, 2.24) is 4.90 Å². The number of amides is 1. The molecule has 25 heavy (non-hydrogen) atoms. The maximum absolute atomic E-state index is 12.8. The van der Waals surface area contributed by atoms with Crippen LogP contribution in [0.5, 0.6) is 5.75 Å². The number of aliphatic hydroxyl groups is 1. The Morgan fingerprint density at radius 1 is 1.36 bits per heavy atom. The van der Waals surface area contributed by atoms with E-state index in [1.807, 2.05) is 0 Å². The molecule has 1 aromatic carbocycles. The number of alkyl halides is 3. The van der Waals surface area contributed by atoms with Crippen LogP contribution in [-0.2, 0) is 15.6 Å². The highest BCUT2D eigenvalue weighted by molar-refractivity contribution is 7.86. The number of aliphatic hydroxyl groups excluding tert-OH is 1. The molecule has 5 nitrogen and oxygen atoms in total. The molecule has 2 aliphatic heterocycles. The van der Waals surface area contributed by atoms with Gasteiger partial charge in [-0.2, -0.15) is 13.2 Å². The van der Waals surface area contributed by atoms with E-state index in [0.29, 0.717) is 19.4 Å². The van der Waals surface area contributed by atoms with E-state index < -0.39 is 39.0 Å². The molecule has 0 aromatic heterocycles. The van der Waals surface area contributed by atoms with Crippen LogP contribution >= 0.6 is 0 Å². The third kappa shape index (κ3) is 3.15. The average molecular weight is 377 g/mol. The standard InChI is InChI=1S/C16H18F3NO4S/c1-15(2)14(22)13(20-7-3-4-12(20)21)10-8-9(5-6-11(10)24-15)25(23)16(17,18)19/h5-6,8,13-14,22H,3-4,7H2,1-2H3. The lowest BCUT2D eigenvalue weighted by Crippen LogP contribution is -2.53. The number of carbonyl (C=O) groups excluding carboxylic acids is 1. The Kier molecular flexibility index (Phi) is 4.35. The first-order valence-corrected chi connectivity index (χ1v) is 8.96. The van der Waals surface area contributed by atoms with E-state index in [9.17, 15) is 27.3 Å². The van der Waals surface area contributed by atoms with Crippen molar-refractivity contribution in [3.05, 3.63) is 23.8 Å². The Labute approximate surface area is 145 Å². The van der Waals surface area contributed by atoms with Crippen LogP contribution in [0.1, 0.15) is 38.3 Å². The SMILES string of the molecule is CC1(C)Oc2ccc(S(=O)C(F)(F)F)cc2C(N2CCCC2=O)C1O. The van der Waals surface area contributed by atoms with Gasteiger partial charge >= 0.3 is 5.51 Å². The lowest BCUT2D eigenvalue weighted by Gasteiger charge is -2.45. The zero-order valence-electron chi connectivity index (χ0n) is 13.7. The first kappa shape index (κ1) is 18.2. The minimum absolute atomic E-state index is 0.171. The fourth-order valence-electron chi connectivity index (χ4n) is 3.30. The van der Waals surface area contributed by atoms with Crippen LogP contribution < -0.4 is 4.74 Å². The molecule has 3 rings (SSSR count). The van der Waals surface area contributed by atoms with Crippen LogP contribution in [0.15, 0.2) is 23.1 Å². The van der Waals surface area contributed by atoms with E-state index >= 15 is 0 Å². The number of ether oxygens (including phenoxy) is 1. The lowest BCUT2D eigenvalue weighted by atomic mass is 9.85. The Balaban J connectivity index is 2.10. The van der Waals surface area contributed by atoms with Gasteiger partial charge < -0.3 is 14.7 Å². The highest BCUT2D eigenvalue weighted by Crippen LogP contribution is 2.45. The summed E-state index contributed by atoms with van der Waals surface area (Å²) >= 11 is 0. The van der Waals surface area contributed by atoms with Gasteiger partial charge in [0.25, 0.3) is 0 Å². The number of hydrogen-bond donors (Lipinski definition) is 1. The summed E-state index contributed by atoms with van der Waals surface area (Å²) in [5.74, 6) is 0.109. The molecule has 1 amide bonds. The summed E-state index contributed by atoms with van der Waals surface area (Å²) in [6, 6.07) is 2.70. The first-order chi connectivity index (χ1) is 11.5. The Bertz CT molecular complexity index is 735. The maximum Gasteiger partial charge on any atom is 0.475 e. The van der Waals surface area contributed by atoms with Crippen LogP contribution in [-0.4, -0.2) is 43.9 Å². The zero-order valence-corrected chi connectivity index (χ0v) is 14.5. The van der Waals surface area contributed by atoms with Gasteiger partial charge in [0.05, 0.1) is 6.04 Å². The third-order valence-electron chi connectivity index (χ3n) is 4.55. The van der Waals surface area contributed by atoms with Crippen molar-refractivity contribution >= 4 is 16.7 Å². The van der Waals surface area contributed by atoms with Crippen molar-refractivity contribution in [2.24, 2.45) is 0 Å². The summed E-state index contributed by atoms with van der Waals surface area (Å²) in [6.45, 7) is 3.70. The molecule has 1 aromatic rings. The molecule has 0 aliphatic carbocycles. The Morgan fingerprint density at radius 2 is 2.04 bits per heavy atom. The molecule has 0 saturated carbocycles. The summed E-state index contributed by atoms with van der Waals surface area (Å²) in [5, 5.41) is 10.7. The highest BCUT2D eigenvalue weighted by atomic mass is 32.2. The number of benzene rings is 1. The third-order valence-corrected chi connectivity index (χ3v) is 5.66. The topological polar surface area (TPSA) is 66.8 Å². The molecule has 3 unspecified atom stereocenters. The van der Waals surface area contributed by atoms with E-state index in [-0.39, 0.29) is 17.2 Å². The number of nitrogens with zero attached hydrogens (tertiary/aromatic N) is 1. The van der Waals surface area contributed by atoms with Gasteiger partial charge in [0, 0.05) is 23.4 Å². The van der Waals surface area contributed by atoms with Gasteiger partial charge in [-0.05, 0) is 38.5 Å². The second-order valence-corrected chi connectivity index (χ2v) is 8.17. The van der Waals surface area contributed by atoms with E-state index in [0.717, 1.165) is 12.1 Å². The predicted octanol–water partition coefficient (Wildman–Crippen LogP) is 2.51. The monoisotopic (exact) mass is 377 g/mol. The summed E-state index contributed by atoms with van der Waals surface area (Å²) < 4.78 is 55.7. The average Bonchev–Trinajstić information content (AvgIpc) is 2.92. The molecule has 2 heterocycles. The van der Waals surface area contributed by atoms with Crippen molar-refractivity contribution in [2.75, 3.05) is 6.54 Å². The number of rotatable bonds is 2. The quantitative estimate of drug-likeness (QED) is 0.860. The van der Waals surface area contributed by atoms with Gasteiger partial charge in [-0.1, -0.05) is 0 Å². The van der Waals surface area contributed by atoms with Crippen LogP contribution in [0.2, 0.25) is 0 Å². The number of likely N-dealkylation sites (tertiary alicyclic amines) is 1. The van der Waals surface area contributed by atoms with Crippen molar-refractivity contribution in [1.29, 1.82) is 0 Å². The lowest BCUT2D eigenvalue weighted by molar-refractivity contribution is -0.139. The molecule has 3 atom stereocenters. The minimum atomic E-state index is -4.89. The summed E-state index contributed by atoms with van der Waals surface area (Å²) in [4.78, 5) is 13.2. The van der Waals surface area contributed by atoms with Gasteiger partial charge in [-0.15, -0.1) is 0 Å². The second kappa shape index (κ2) is 5.98. The van der Waals surface area contributed by atoms with Gasteiger partial charge in [-0.3, -0.25) is 4.79 Å².